The van der Waals surface area contributed by atoms with Crippen molar-refractivity contribution < 1.29 is 35.1 Å². The summed E-state index contributed by atoms with van der Waals surface area (Å²) in [4.78, 5) is 8.72. The summed E-state index contributed by atoms with van der Waals surface area (Å²) in [6, 6.07) is 20.3. The number of fused-ring (bicyclic) bond motifs is 1. The number of furan rings is 1. The molecule has 0 aliphatic rings. The van der Waals surface area contributed by atoms with E-state index in [1.807, 2.05) is 18.2 Å². The maximum atomic E-state index is 13.4. The van der Waals surface area contributed by atoms with Crippen LogP contribution in [0, 0.1) is 5.82 Å². The number of benzene rings is 3. The first-order chi connectivity index (χ1) is 20.9. The van der Waals surface area contributed by atoms with Crippen LogP contribution in [0.4, 0.5) is 29.1 Å². The first kappa shape index (κ1) is 31.3. The summed E-state index contributed by atoms with van der Waals surface area (Å²) in [5, 5.41) is 4.31. The molecule has 3 aromatic carbocycles. The summed E-state index contributed by atoms with van der Waals surface area (Å²) in [6.45, 7) is 0.155. The Morgan fingerprint density at radius 2 is 1.80 bits per heavy atom. The Kier molecular flexibility index (Phi) is 9.40. The van der Waals surface area contributed by atoms with Gasteiger partial charge in [0.25, 0.3) is 0 Å². The summed E-state index contributed by atoms with van der Waals surface area (Å²) >= 11 is 6.45. The maximum Gasteiger partial charge on any atom is 0.402 e. The molecule has 1 N–H and O–H groups in total. The number of unbranched alkanes of at least 4 members (excludes halogenated alkanes) is 1. The molecule has 5 aromatic rings. The second-order valence-corrected chi connectivity index (χ2v) is 12.7. The Hall–Kier alpha value is -4.16. The fraction of sp³-hybridized carbons (Fsp3) is 0.226. The number of aryl methyl sites for hydroxylation is 1. The number of nitrogens with one attached hydrogen (secondary N) is 1. The van der Waals surface area contributed by atoms with Gasteiger partial charge in [-0.25, -0.2) is 22.8 Å². The van der Waals surface area contributed by atoms with Crippen LogP contribution in [0.2, 0.25) is 5.02 Å². The third-order valence-electron chi connectivity index (χ3n) is 6.57. The third-order valence-corrected chi connectivity index (χ3v) is 8.54. The van der Waals surface area contributed by atoms with Crippen molar-refractivity contribution in [2.45, 2.75) is 32.0 Å². The van der Waals surface area contributed by atoms with Crippen molar-refractivity contribution in [1.82, 2.24) is 9.97 Å². The number of hydrogen-bond donors (Lipinski definition) is 1. The average Bonchev–Trinajstić information content (AvgIpc) is 3.43. The number of halogens is 5. The van der Waals surface area contributed by atoms with Gasteiger partial charge < -0.3 is 14.5 Å². The number of anilines is 2. The molecule has 0 unspecified atom stereocenters. The lowest BCUT2D eigenvalue weighted by molar-refractivity contribution is -0.106. The highest BCUT2D eigenvalue weighted by Gasteiger charge is 2.34. The van der Waals surface area contributed by atoms with Crippen molar-refractivity contribution >= 4 is 43.8 Å². The lowest BCUT2D eigenvalue weighted by atomic mass is 10.1. The Morgan fingerprint density at radius 3 is 2.57 bits per heavy atom. The fourth-order valence-electron chi connectivity index (χ4n) is 4.54. The summed E-state index contributed by atoms with van der Waals surface area (Å²) in [5.41, 5.74) is 2.74. The Balaban J connectivity index is 1.24. The van der Waals surface area contributed by atoms with Crippen LogP contribution in [-0.2, 0) is 22.9 Å². The zero-order valence-corrected chi connectivity index (χ0v) is 24.6. The molecule has 0 saturated heterocycles. The summed E-state index contributed by atoms with van der Waals surface area (Å²) in [5.74, 6) is -0.579. The molecule has 0 fully saturated rings. The molecule has 0 saturated carbocycles. The molecule has 44 heavy (non-hydrogen) atoms. The predicted molar refractivity (Wildman–Crippen MR) is 160 cm³/mol. The number of ether oxygens (including phenoxy) is 1. The first-order valence-corrected chi connectivity index (χ1v) is 15.7. The van der Waals surface area contributed by atoms with Crippen LogP contribution >= 0.6 is 11.6 Å². The van der Waals surface area contributed by atoms with E-state index >= 15 is 0 Å². The smallest absolute Gasteiger partial charge is 0.402 e. The normalized spacial score (nSPS) is 12.0. The van der Waals surface area contributed by atoms with E-state index in [0.29, 0.717) is 63.1 Å². The van der Waals surface area contributed by atoms with Crippen molar-refractivity contribution in [3.8, 4) is 17.1 Å². The highest BCUT2D eigenvalue weighted by Crippen LogP contribution is 2.33. The molecule has 0 atom stereocenters. The Bertz CT molecular complexity index is 1880. The molecule has 0 aliphatic carbocycles. The molecule has 7 nitrogen and oxygen atoms in total. The molecule has 13 heteroatoms. The van der Waals surface area contributed by atoms with E-state index in [0.717, 1.165) is 5.56 Å². The summed E-state index contributed by atoms with van der Waals surface area (Å²) in [7, 11) is -4.20. The number of rotatable bonds is 12. The molecule has 0 bridgehead atoms. The zero-order valence-electron chi connectivity index (χ0n) is 23.1. The number of hydrogen-bond acceptors (Lipinski definition) is 7. The molecule has 230 valence electrons. The molecule has 0 spiro atoms. The monoisotopic (exact) mass is 647 g/mol. The maximum absolute atomic E-state index is 13.4. The van der Waals surface area contributed by atoms with E-state index in [2.05, 4.69) is 15.3 Å². The van der Waals surface area contributed by atoms with Crippen molar-refractivity contribution in [1.29, 1.82) is 0 Å². The topological polar surface area (TPSA) is 94.3 Å². The van der Waals surface area contributed by atoms with Crippen molar-refractivity contribution in [3.63, 3.8) is 0 Å². The van der Waals surface area contributed by atoms with Crippen LogP contribution < -0.4 is 10.1 Å². The van der Waals surface area contributed by atoms with E-state index in [1.54, 1.807) is 42.5 Å². The lowest BCUT2D eigenvalue weighted by Gasteiger charge is -2.12. The van der Waals surface area contributed by atoms with Gasteiger partial charge in [0.1, 0.15) is 47.6 Å². The first-order valence-electron chi connectivity index (χ1n) is 13.5. The van der Waals surface area contributed by atoms with E-state index in [9.17, 15) is 26.0 Å². The quantitative estimate of drug-likeness (QED) is 0.108. The van der Waals surface area contributed by atoms with Gasteiger partial charge in [-0.2, -0.15) is 13.2 Å². The zero-order chi connectivity index (χ0) is 31.3. The minimum Gasteiger partial charge on any atom is -0.487 e. The number of alkyl halides is 3. The second-order valence-electron chi connectivity index (χ2n) is 10.1. The van der Waals surface area contributed by atoms with Crippen LogP contribution in [-0.4, -0.2) is 36.1 Å². The molecular formula is C31H26ClF4N3O4S. The van der Waals surface area contributed by atoms with Crippen LogP contribution in [0.15, 0.2) is 83.5 Å². The van der Waals surface area contributed by atoms with Gasteiger partial charge in [-0.3, -0.25) is 0 Å². The summed E-state index contributed by atoms with van der Waals surface area (Å²) in [6.07, 6.45) is -2.47. The van der Waals surface area contributed by atoms with E-state index in [-0.39, 0.29) is 18.8 Å². The van der Waals surface area contributed by atoms with Crippen molar-refractivity contribution in [2.75, 3.05) is 16.8 Å². The SMILES string of the molecule is O=S(=O)(CCCCc1ccc(-c2ccc3ncnc(Nc4ccc(OCc5cccc(F)c5)c(Cl)c4)c3c2)o1)CC(F)(F)F. The van der Waals surface area contributed by atoms with Crippen LogP contribution in [0.1, 0.15) is 24.2 Å². The van der Waals surface area contributed by atoms with Crippen LogP contribution in [0.3, 0.4) is 0 Å². The van der Waals surface area contributed by atoms with Crippen LogP contribution in [0.25, 0.3) is 22.2 Å². The molecule has 0 amide bonds. The number of aromatic nitrogens is 2. The van der Waals surface area contributed by atoms with Crippen LogP contribution in [0.5, 0.6) is 5.75 Å². The van der Waals surface area contributed by atoms with Gasteiger partial charge in [0.2, 0.25) is 0 Å². The highest BCUT2D eigenvalue weighted by molar-refractivity contribution is 7.91. The molecule has 2 heterocycles. The van der Waals surface area contributed by atoms with Gasteiger partial charge in [0.15, 0.2) is 9.84 Å². The average molecular weight is 648 g/mol. The minimum atomic E-state index is -4.74. The number of nitrogens with zero attached hydrogens (tertiary/aromatic N) is 2. The Morgan fingerprint density at radius 1 is 0.955 bits per heavy atom. The molecular weight excluding hydrogens is 622 g/mol. The standard InChI is InChI=1S/C31H26ClF4N3O4S/c32-26-16-23(8-11-29(26)42-17-20-4-3-5-22(33)14-20)39-30-25-15-21(7-10-27(25)37-19-38-30)28-12-9-24(43-28)6-1-2-13-44(40,41)18-31(34,35)36/h3-5,7-12,14-16,19H,1-2,6,13,17-18H2,(H,37,38,39). The minimum absolute atomic E-state index is 0.0981. The predicted octanol–water partition coefficient (Wildman–Crippen LogP) is 8.30. The lowest BCUT2D eigenvalue weighted by Crippen LogP contribution is -2.24. The van der Waals surface area contributed by atoms with Gasteiger partial charge in [0.05, 0.1) is 16.3 Å². The van der Waals surface area contributed by atoms with Gasteiger partial charge in [0, 0.05) is 23.1 Å². The van der Waals surface area contributed by atoms with E-state index in [1.165, 1.54) is 18.5 Å². The van der Waals surface area contributed by atoms with Gasteiger partial charge in [-0.05, 0) is 79.1 Å². The third kappa shape index (κ3) is 8.48. The largest absolute Gasteiger partial charge is 0.487 e. The van der Waals surface area contributed by atoms with Gasteiger partial charge in [-0.15, -0.1) is 0 Å². The molecule has 2 aromatic heterocycles. The van der Waals surface area contributed by atoms with Gasteiger partial charge >= 0.3 is 6.18 Å². The van der Waals surface area contributed by atoms with E-state index in [4.69, 9.17) is 20.8 Å². The highest BCUT2D eigenvalue weighted by atomic mass is 35.5. The van der Waals surface area contributed by atoms with Crippen molar-refractivity contribution in [3.05, 3.63) is 101 Å². The second kappa shape index (κ2) is 13.2. The van der Waals surface area contributed by atoms with Gasteiger partial charge in [-0.1, -0.05) is 23.7 Å². The summed E-state index contributed by atoms with van der Waals surface area (Å²) < 4.78 is 85.6. The van der Waals surface area contributed by atoms with Crippen molar-refractivity contribution in [2.24, 2.45) is 0 Å². The molecule has 5 rings (SSSR count). The molecule has 0 aliphatic heterocycles. The fourth-order valence-corrected chi connectivity index (χ4v) is 6.06. The Labute approximate surface area is 255 Å². The molecule has 0 radical (unpaired) electrons. The van der Waals surface area contributed by atoms with E-state index < -0.39 is 27.5 Å². The number of sulfone groups is 1.